The first-order valence-corrected chi connectivity index (χ1v) is 7.50. The molecule has 6 nitrogen and oxygen atoms in total. The molecule has 0 spiro atoms. The summed E-state index contributed by atoms with van der Waals surface area (Å²) < 4.78 is 0.409. The first-order chi connectivity index (χ1) is 9.47. The number of carboxylic acids is 1. The highest BCUT2D eigenvalue weighted by molar-refractivity contribution is 9.10. The summed E-state index contributed by atoms with van der Waals surface area (Å²) >= 11 is 3.16. The van der Waals surface area contributed by atoms with Crippen LogP contribution in [-0.2, 0) is 0 Å². The van der Waals surface area contributed by atoms with E-state index in [-0.39, 0.29) is 5.69 Å². The molecule has 1 saturated heterocycles. The van der Waals surface area contributed by atoms with Gasteiger partial charge in [-0.05, 0) is 21.8 Å². The molecule has 1 aliphatic rings. The van der Waals surface area contributed by atoms with E-state index in [4.69, 9.17) is 5.11 Å². The summed E-state index contributed by atoms with van der Waals surface area (Å²) in [7, 11) is 0. The normalized spacial score (nSPS) is 16.7. The molecule has 1 fully saturated rings. The molecule has 1 aromatic heterocycles. The quantitative estimate of drug-likeness (QED) is 0.898. The molecule has 1 aliphatic heterocycles. The molecule has 1 aromatic rings. The van der Waals surface area contributed by atoms with Gasteiger partial charge in [-0.15, -0.1) is 0 Å². The summed E-state index contributed by atoms with van der Waals surface area (Å²) in [4.78, 5) is 23.9. The average molecular weight is 343 g/mol. The molecule has 20 heavy (non-hydrogen) atoms. The van der Waals surface area contributed by atoms with E-state index in [2.05, 4.69) is 44.6 Å². The fraction of sp³-hybridized carbons (Fsp3) is 0.615. The van der Waals surface area contributed by atoms with Crippen LogP contribution < -0.4 is 4.90 Å². The zero-order valence-corrected chi connectivity index (χ0v) is 13.3. The number of hydrogen-bond donors (Lipinski definition) is 1. The van der Waals surface area contributed by atoms with Gasteiger partial charge in [0.1, 0.15) is 0 Å². The lowest BCUT2D eigenvalue weighted by atomic mass is 10.2. The molecule has 0 bridgehead atoms. The van der Waals surface area contributed by atoms with Crippen molar-refractivity contribution in [3.63, 3.8) is 0 Å². The summed E-state index contributed by atoms with van der Waals surface area (Å²) in [5.74, 6) is 0.109. The van der Waals surface area contributed by atoms with Gasteiger partial charge < -0.3 is 10.0 Å². The van der Waals surface area contributed by atoms with Crippen LogP contribution in [0.5, 0.6) is 0 Å². The minimum absolute atomic E-state index is 0.0135. The Morgan fingerprint density at radius 2 is 2.05 bits per heavy atom. The second kappa shape index (κ2) is 6.49. The maximum Gasteiger partial charge on any atom is 0.355 e. The highest BCUT2D eigenvalue weighted by atomic mass is 79.9. The van der Waals surface area contributed by atoms with Crippen LogP contribution in [-0.4, -0.2) is 58.7 Å². The topological polar surface area (TPSA) is 69.6 Å². The monoisotopic (exact) mass is 342 g/mol. The van der Waals surface area contributed by atoms with E-state index >= 15 is 0 Å². The fourth-order valence-corrected chi connectivity index (χ4v) is 2.67. The van der Waals surface area contributed by atoms with Gasteiger partial charge in [0, 0.05) is 38.9 Å². The Hall–Kier alpha value is -1.21. The third kappa shape index (κ3) is 3.67. The number of carboxylic acid groups (broad SMARTS) is 1. The van der Waals surface area contributed by atoms with Crippen molar-refractivity contribution < 1.29 is 9.90 Å². The second-order valence-electron chi connectivity index (χ2n) is 5.35. The number of rotatable bonds is 4. The zero-order valence-electron chi connectivity index (χ0n) is 11.7. The van der Waals surface area contributed by atoms with Crippen LogP contribution in [0.25, 0.3) is 0 Å². The Labute approximate surface area is 126 Å². The number of anilines is 1. The minimum atomic E-state index is -1.04. The Kier molecular flexibility index (Phi) is 4.93. The molecule has 2 rings (SSSR count). The van der Waals surface area contributed by atoms with Crippen molar-refractivity contribution in [2.45, 2.75) is 13.8 Å². The van der Waals surface area contributed by atoms with E-state index in [1.165, 1.54) is 6.20 Å². The number of nitrogens with zero attached hydrogens (tertiary/aromatic N) is 4. The van der Waals surface area contributed by atoms with E-state index < -0.39 is 5.97 Å². The zero-order chi connectivity index (χ0) is 14.7. The van der Waals surface area contributed by atoms with Crippen molar-refractivity contribution in [1.29, 1.82) is 0 Å². The highest BCUT2D eigenvalue weighted by Gasteiger charge is 2.21. The van der Waals surface area contributed by atoms with Gasteiger partial charge in [-0.2, -0.15) is 0 Å². The molecule has 0 aromatic carbocycles. The molecule has 0 saturated carbocycles. The first-order valence-electron chi connectivity index (χ1n) is 6.70. The predicted octanol–water partition coefficient (Wildman–Crippen LogP) is 1.72. The van der Waals surface area contributed by atoms with Gasteiger partial charge in [-0.3, -0.25) is 4.90 Å². The Balaban J connectivity index is 2.03. The Morgan fingerprint density at radius 1 is 1.40 bits per heavy atom. The van der Waals surface area contributed by atoms with E-state index in [1.807, 2.05) is 4.90 Å². The van der Waals surface area contributed by atoms with Crippen molar-refractivity contribution in [1.82, 2.24) is 14.9 Å². The molecule has 110 valence electrons. The number of carbonyl (C=O) groups is 1. The summed E-state index contributed by atoms with van der Waals surface area (Å²) in [6.45, 7) is 9.09. The highest BCUT2D eigenvalue weighted by Crippen LogP contribution is 2.18. The number of halogens is 1. The fourth-order valence-electron chi connectivity index (χ4n) is 2.31. The van der Waals surface area contributed by atoms with Crippen LogP contribution in [0.4, 0.5) is 5.95 Å². The SMILES string of the molecule is CC(C)CN1CCN(c2ncc(Br)c(C(=O)O)n2)CC1. The van der Waals surface area contributed by atoms with Gasteiger partial charge in [0.2, 0.25) is 5.95 Å². The van der Waals surface area contributed by atoms with Gasteiger partial charge in [0.15, 0.2) is 5.69 Å². The van der Waals surface area contributed by atoms with E-state index in [0.29, 0.717) is 16.3 Å². The summed E-state index contributed by atoms with van der Waals surface area (Å²) in [5.41, 5.74) is 0.0135. The number of aromatic nitrogens is 2. The van der Waals surface area contributed by atoms with Gasteiger partial charge in [0.25, 0.3) is 0 Å². The largest absolute Gasteiger partial charge is 0.476 e. The maximum atomic E-state index is 11.1. The van der Waals surface area contributed by atoms with Crippen molar-refractivity contribution in [3.8, 4) is 0 Å². The van der Waals surface area contributed by atoms with Crippen LogP contribution in [0.2, 0.25) is 0 Å². The number of piperazine rings is 1. The molecule has 2 heterocycles. The summed E-state index contributed by atoms with van der Waals surface area (Å²) in [5, 5.41) is 9.08. The molecular weight excluding hydrogens is 324 g/mol. The van der Waals surface area contributed by atoms with Crippen LogP contribution in [0.15, 0.2) is 10.7 Å². The van der Waals surface area contributed by atoms with Crippen LogP contribution in [0.1, 0.15) is 24.3 Å². The van der Waals surface area contributed by atoms with Gasteiger partial charge in [-0.1, -0.05) is 13.8 Å². The predicted molar refractivity (Wildman–Crippen MR) is 80.2 cm³/mol. The molecule has 1 N–H and O–H groups in total. The molecular formula is C13H19BrN4O2. The lowest BCUT2D eigenvalue weighted by molar-refractivity contribution is 0.0689. The Bertz CT molecular complexity index is 487. The van der Waals surface area contributed by atoms with Gasteiger partial charge in [-0.25, -0.2) is 14.8 Å². The molecule has 0 radical (unpaired) electrons. The second-order valence-corrected chi connectivity index (χ2v) is 6.21. The maximum absolute atomic E-state index is 11.1. The van der Waals surface area contributed by atoms with Crippen LogP contribution >= 0.6 is 15.9 Å². The number of aromatic carboxylic acids is 1. The van der Waals surface area contributed by atoms with Crippen molar-refractivity contribution >= 4 is 27.8 Å². The number of hydrogen-bond acceptors (Lipinski definition) is 5. The average Bonchev–Trinajstić information content (AvgIpc) is 2.39. The molecule has 7 heteroatoms. The summed E-state index contributed by atoms with van der Waals surface area (Å²) in [6, 6.07) is 0. The molecule has 0 amide bonds. The van der Waals surface area contributed by atoms with Crippen molar-refractivity contribution in [2.24, 2.45) is 5.92 Å². The lowest BCUT2D eigenvalue weighted by Gasteiger charge is -2.35. The van der Waals surface area contributed by atoms with E-state index in [0.717, 1.165) is 32.7 Å². The van der Waals surface area contributed by atoms with Crippen molar-refractivity contribution in [2.75, 3.05) is 37.6 Å². The molecule has 0 aliphatic carbocycles. The first kappa shape index (κ1) is 15.2. The standard InChI is InChI=1S/C13H19BrN4O2/c1-9(2)8-17-3-5-18(6-4-17)13-15-7-10(14)11(16-13)12(19)20/h7,9H,3-6,8H2,1-2H3,(H,19,20). The molecule has 0 unspecified atom stereocenters. The summed E-state index contributed by atoms with van der Waals surface area (Å²) in [6.07, 6.45) is 1.51. The third-order valence-electron chi connectivity index (χ3n) is 3.21. The third-order valence-corrected chi connectivity index (χ3v) is 3.79. The molecule has 0 atom stereocenters. The van der Waals surface area contributed by atoms with Crippen LogP contribution in [0, 0.1) is 5.92 Å². The van der Waals surface area contributed by atoms with Crippen LogP contribution in [0.3, 0.4) is 0 Å². The smallest absolute Gasteiger partial charge is 0.355 e. The Morgan fingerprint density at radius 3 is 2.60 bits per heavy atom. The minimum Gasteiger partial charge on any atom is -0.476 e. The lowest BCUT2D eigenvalue weighted by Crippen LogP contribution is -2.48. The van der Waals surface area contributed by atoms with Crippen molar-refractivity contribution in [3.05, 3.63) is 16.4 Å². The van der Waals surface area contributed by atoms with Gasteiger partial charge >= 0.3 is 5.97 Å². The van der Waals surface area contributed by atoms with E-state index in [1.54, 1.807) is 0 Å². The van der Waals surface area contributed by atoms with E-state index in [9.17, 15) is 4.79 Å². The van der Waals surface area contributed by atoms with Gasteiger partial charge in [0.05, 0.1) is 4.47 Å².